The second kappa shape index (κ2) is 7.20. The second-order valence-electron chi connectivity index (χ2n) is 5.87. The molecule has 1 aliphatic rings. The lowest BCUT2D eigenvalue weighted by Gasteiger charge is -2.47. The molecule has 1 fully saturated rings. The highest BCUT2D eigenvalue weighted by Gasteiger charge is 2.44. The van der Waals surface area contributed by atoms with Crippen LogP contribution >= 0.6 is 0 Å². The normalized spacial score (nSPS) is 28.2. The van der Waals surface area contributed by atoms with E-state index in [-0.39, 0.29) is 5.54 Å². The highest BCUT2D eigenvalue weighted by atomic mass is 32.2. The van der Waals surface area contributed by atoms with Crippen molar-refractivity contribution in [3.63, 3.8) is 0 Å². The Labute approximate surface area is 124 Å². The number of hydrogen-bond acceptors (Lipinski definition) is 3. The van der Waals surface area contributed by atoms with Gasteiger partial charge in [0.2, 0.25) is 0 Å². The molecule has 0 aromatic carbocycles. The maximum absolute atomic E-state index is 12.9. The van der Waals surface area contributed by atoms with Crippen molar-refractivity contribution in [1.29, 1.82) is 0 Å². The fourth-order valence-corrected chi connectivity index (χ4v) is 5.29. The highest BCUT2D eigenvalue weighted by Crippen LogP contribution is 2.37. The molecule has 0 unspecified atom stereocenters. The summed E-state index contributed by atoms with van der Waals surface area (Å²) in [5, 5.41) is 0. The van der Waals surface area contributed by atoms with Crippen LogP contribution in [-0.2, 0) is 10.2 Å². The lowest BCUT2D eigenvalue weighted by atomic mass is 9.77. The zero-order valence-electron chi connectivity index (χ0n) is 13.4. The van der Waals surface area contributed by atoms with Gasteiger partial charge in [-0.05, 0) is 31.6 Å². The zero-order chi connectivity index (χ0) is 15.4. The Hall–Kier alpha value is -0.170. The Morgan fingerprint density at radius 2 is 1.60 bits per heavy atom. The predicted molar refractivity (Wildman–Crippen MR) is 83.6 cm³/mol. The molecule has 0 spiro atoms. The topological polar surface area (TPSA) is 66.6 Å². The minimum atomic E-state index is -3.41. The first-order valence-electron chi connectivity index (χ1n) is 7.85. The van der Waals surface area contributed by atoms with Crippen molar-refractivity contribution in [2.24, 2.45) is 11.7 Å². The van der Waals surface area contributed by atoms with Gasteiger partial charge < -0.3 is 5.73 Å². The fraction of sp³-hybridized carbons (Fsp3) is 1.00. The third kappa shape index (κ3) is 3.35. The van der Waals surface area contributed by atoms with Gasteiger partial charge in [0.15, 0.2) is 0 Å². The molecular formula is C14H31N3O2S. The first-order valence-corrected chi connectivity index (χ1v) is 9.25. The summed E-state index contributed by atoms with van der Waals surface area (Å²) in [5.74, 6) is 0.671. The van der Waals surface area contributed by atoms with Crippen LogP contribution in [0, 0.1) is 5.92 Å². The Kier molecular flexibility index (Phi) is 6.44. The number of nitrogens with zero attached hydrogens (tertiary/aromatic N) is 2. The van der Waals surface area contributed by atoms with Crippen LogP contribution in [0.15, 0.2) is 0 Å². The van der Waals surface area contributed by atoms with Gasteiger partial charge in [0, 0.05) is 31.7 Å². The van der Waals surface area contributed by atoms with E-state index in [0.29, 0.717) is 32.1 Å². The first kappa shape index (κ1) is 17.9. The Balaban J connectivity index is 3.09. The third-order valence-corrected chi connectivity index (χ3v) is 7.08. The molecule has 0 atom stereocenters. The van der Waals surface area contributed by atoms with Crippen LogP contribution in [0.2, 0.25) is 0 Å². The average Bonchev–Trinajstić information content (AvgIpc) is 2.42. The minimum absolute atomic E-state index is 0.386. The van der Waals surface area contributed by atoms with Gasteiger partial charge in [-0.25, -0.2) is 0 Å². The van der Waals surface area contributed by atoms with Crippen molar-refractivity contribution in [1.82, 2.24) is 8.61 Å². The van der Waals surface area contributed by atoms with E-state index < -0.39 is 10.2 Å². The second-order valence-corrected chi connectivity index (χ2v) is 7.72. The van der Waals surface area contributed by atoms with Gasteiger partial charge in [-0.2, -0.15) is 17.0 Å². The lowest BCUT2D eigenvalue weighted by Crippen LogP contribution is -2.60. The Bertz CT molecular complexity index is 385. The molecule has 0 saturated heterocycles. The van der Waals surface area contributed by atoms with Gasteiger partial charge in [0.1, 0.15) is 0 Å². The van der Waals surface area contributed by atoms with Gasteiger partial charge in [0.05, 0.1) is 0 Å². The summed E-state index contributed by atoms with van der Waals surface area (Å²) in [6.45, 7) is 9.82. The summed E-state index contributed by atoms with van der Waals surface area (Å²) in [5.41, 5.74) is 5.63. The summed E-state index contributed by atoms with van der Waals surface area (Å²) in [6, 6.07) is 0. The summed E-state index contributed by atoms with van der Waals surface area (Å²) < 4.78 is 28.9. The summed E-state index contributed by atoms with van der Waals surface area (Å²) in [7, 11) is -3.41. The average molecular weight is 305 g/mol. The molecule has 0 radical (unpaired) electrons. The smallest absolute Gasteiger partial charge is 0.282 e. The third-order valence-electron chi connectivity index (χ3n) is 4.71. The summed E-state index contributed by atoms with van der Waals surface area (Å²) in [4.78, 5) is 0. The van der Waals surface area contributed by atoms with Crippen LogP contribution in [-0.4, -0.2) is 48.7 Å². The molecule has 1 rings (SSSR count). The first-order chi connectivity index (χ1) is 9.37. The van der Waals surface area contributed by atoms with Crippen LogP contribution < -0.4 is 5.73 Å². The zero-order valence-corrected chi connectivity index (χ0v) is 14.2. The van der Waals surface area contributed by atoms with Crippen molar-refractivity contribution in [2.45, 2.75) is 58.9 Å². The van der Waals surface area contributed by atoms with Crippen molar-refractivity contribution in [3.05, 3.63) is 0 Å². The van der Waals surface area contributed by atoms with E-state index >= 15 is 0 Å². The number of likely N-dealkylation sites (N-methyl/N-ethyl adjacent to an activating group) is 1. The molecule has 1 aliphatic carbocycles. The number of nitrogens with two attached hydrogens (primary N) is 1. The van der Waals surface area contributed by atoms with Crippen LogP contribution in [0.5, 0.6) is 0 Å². The van der Waals surface area contributed by atoms with E-state index in [0.717, 1.165) is 25.7 Å². The van der Waals surface area contributed by atoms with E-state index in [4.69, 9.17) is 5.73 Å². The van der Waals surface area contributed by atoms with Gasteiger partial charge in [0.25, 0.3) is 10.2 Å². The standard InChI is InChI=1S/C14H31N3O2S/c1-5-16(6-2)20(18,19)17(7-3)14(12-15)10-8-13(4)9-11-14/h13H,5-12,15H2,1-4H3. The molecule has 20 heavy (non-hydrogen) atoms. The number of rotatable bonds is 7. The molecule has 0 aromatic heterocycles. The molecule has 0 bridgehead atoms. The van der Waals surface area contributed by atoms with E-state index in [1.165, 1.54) is 4.31 Å². The van der Waals surface area contributed by atoms with E-state index in [2.05, 4.69) is 6.92 Å². The quantitative estimate of drug-likeness (QED) is 0.780. The molecule has 0 heterocycles. The molecule has 2 N–H and O–H groups in total. The van der Waals surface area contributed by atoms with Crippen LogP contribution in [0.3, 0.4) is 0 Å². The van der Waals surface area contributed by atoms with E-state index in [1.807, 2.05) is 20.8 Å². The van der Waals surface area contributed by atoms with Crippen molar-refractivity contribution in [3.8, 4) is 0 Å². The van der Waals surface area contributed by atoms with Crippen molar-refractivity contribution >= 4 is 10.2 Å². The Morgan fingerprint density at radius 3 is 1.95 bits per heavy atom. The van der Waals surface area contributed by atoms with Crippen LogP contribution in [0.1, 0.15) is 53.4 Å². The predicted octanol–water partition coefficient (Wildman–Crippen LogP) is 1.80. The summed E-state index contributed by atoms with van der Waals surface area (Å²) in [6.07, 6.45) is 3.86. The molecule has 0 aliphatic heterocycles. The van der Waals surface area contributed by atoms with Gasteiger partial charge >= 0.3 is 0 Å². The molecule has 0 amide bonds. The minimum Gasteiger partial charge on any atom is -0.329 e. The van der Waals surface area contributed by atoms with Crippen LogP contribution in [0.25, 0.3) is 0 Å². The molecule has 120 valence electrons. The Morgan fingerprint density at radius 1 is 1.10 bits per heavy atom. The van der Waals surface area contributed by atoms with E-state index in [9.17, 15) is 8.42 Å². The van der Waals surface area contributed by atoms with Crippen LogP contribution in [0.4, 0.5) is 0 Å². The van der Waals surface area contributed by atoms with Gasteiger partial charge in [-0.1, -0.05) is 27.7 Å². The maximum Gasteiger partial charge on any atom is 0.282 e. The maximum atomic E-state index is 12.9. The van der Waals surface area contributed by atoms with Crippen molar-refractivity contribution < 1.29 is 8.42 Å². The monoisotopic (exact) mass is 305 g/mol. The summed E-state index contributed by atoms with van der Waals surface area (Å²) >= 11 is 0. The largest absolute Gasteiger partial charge is 0.329 e. The van der Waals surface area contributed by atoms with E-state index in [1.54, 1.807) is 4.31 Å². The number of hydrogen-bond donors (Lipinski definition) is 1. The molecular weight excluding hydrogens is 274 g/mol. The lowest BCUT2D eigenvalue weighted by molar-refractivity contribution is 0.113. The van der Waals surface area contributed by atoms with Gasteiger partial charge in [-0.15, -0.1) is 0 Å². The SMILES string of the molecule is CCN(CC)S(=O)(=O)N(CC)C1(CN)CCC(C)CC1. The van der Waals surface area contributed by atoms with Crippen molar-refractivity contribution in [2.75, 3.05) is 26.2 Å². The molecule has 5 nitrogen and oxygen atoms in total. The highest BCUT2D eigenvalue weighted by molar-refractivity contribution is 7.86. The molecule has 1 saturated carbocycles. The fourth-order valence-electron chi connectivity index (χ4n) is 3.29. The molecule has 0 aromatic rings. The molecule has 6 heteroatoms. The van der Waals surface area contributed by atoms with Gasteiger partial charge in [-0.3, -0.25) is 0 Å².